The van der Waals surface area contributed by atoms with Crippen molar-refractivity contribution in [2.75, 3.05) is 46.0 Å². The van der Waals surface area contributed by atoms with Gasteiger partial charge in [0.05, 0.1) is 19.8 Å². The summed E-state index contributed by atoms with van der Waals surface area (Å²) >= 11 is 0. The number of hydrogen-bond acceptors (Lipinski definition) is 4. The molecule has 8 heteroatoms. The fourth-order valence-corrected chi connectivity index (χ4v) is 2.80. The van der Waals surface area contributed by atoms with E-state index in [0.29, 0.717) is 18.3 Å². The molecule has 1 aromatic carbocycles. The first kappa shape index (κ1) is 21.4. The number of alkyl halides is 2. The molecule has 0 aliphatic carbocycles. The maximum absolute atomic E-state index is 12.3. The molecule has 1 aliphatic rings. The number of aliphatic imine (C=N–C) groups is 1. The predicted molar refractivity (Wildman–Crippen MR) is 103 cm³/mol. The molecule has 6 nitrogen and oxygen atoms in total. The lowest BCUT2D eigenvalue weighted by Crippen LogP contribution is -2.49. The number of hydrogen-bond donors (Lipinski definition) is 2. The van der Waals surface area contributed by atoms with Crippen LogP contribution in [0.2, 0.25) is 0 Å². The van der Waals surface area contributed by atoms with Crippen molar-refractivity contribution in [3.8, 4) is 5.75 Å². The van der Waals surface area contributed by atoms with Gasteiger partial charge in [-0.2, -0.15) is 0 Å². The van der Waals surface area contributed by atoms with Crippen molar-refractivity contribution in [2.24, 2.45) is 4.99 Å². The van der Waals surface area contributed by atoms with Crippen LogP contribution in [0, 0.1) is 0 Å². The summed E-state index contributed by atoms with van der Waals surface area (Å²) in [5.41, 5.74) is 0.903. The Morgan fingerprint density at radius 2 is 2.07 bits per heavy atom. The van der Waals surface area contributed by atoms with Crippen LogP contribution in [-0.2, 0) is 11.3 Å². The van der Waals surface area contributed by atoms with Gasteiger partial charge in [0, 0.05) is 32.2 Å². The monoisotopic (exact) mass is 384 g/mol. The van der Waals surface area contributed by atoms with Gasteiger partial charge in [-0.3, -0.25) is 4.90 Å². The number of ether oxygens (including phenoxy) is 2. The number of benzene rings is 1. The van der Waals surface area contributed by atoms with Gasteiger partial charge in [-0.1, -0.05) is 12.1 Å². The van der Waals surface area contributed by atoms with E-state index in [4.69, 9.17) is 9.47 Å². The zero-order valence-corrected chi connectivity index (χ0v) is 16.1. The molecule has 152 valence electrons. The highest BCUT2D eigenvalue weighted by atomic mass is 19.3. The zero-order valence-electron chi connectivity index (χ0n) is 16.1. The first-order chi connectivity index (χ1) is 13.1. The van der Waals surface area contributed by atoms with Crippen LogP contribution >= 0.6 is 0 Å². The van der Waals surface area contributed by atoms with Crippen LogP contribution in [0.4, 0.5) is 8.78 Å². The second-order valence-electron chi connectivity index (χ2n) is 6.42. The Morgan fingerprint density at radius 3 is 2.78 bits per heavy atom. The van der Waals surface area contributed by atoms with E-state index in [1.165, 1.54) is 0 Å². The highest BCUT2D eigenvalue weighted by Gasteiger charge is 2.17. The lowest BCUT2D eigenvalue weighted by atomic mass is 10.2. The number of nitrogens with one attached hydrogen (secondary N) is 2. The first-order valence-corrected chi connectivity index (χ1v) is 9.42. The van der Waals surface area contributed by atoms with Gasteiger partial charge in [-0.15, -0.1) is 0 Å². The Hall–Kier alpha value is -1.93. The van der Waals surface area contributed by atoms with Crippen LogP contribution in [-0.4, -0.2) is 69.3 Å². The Morgan fingerprint density at radius 1 is 1.30 bits per heavy atom. The second-order valence-corrected chi connectivity index (χ2v) is 6.42. The standard InChI is InChI=1S/C19H30F2N4O2/c1-3-22-19(23-12-15(2)25-7-9-26-10-8-25)24-13-16-5-4-6-17(11-16)27-14-18(20)21/h4-6,11,15,18H,3,7-10,12-14H2,1-2H3,(H2,22,23,24). The molecule has 0 radical (unpaired) electrons. The van der Waals surface area contributed by atoms with Crippen molar-refractivity contribution in [1.29, 1.82) is 0 Å². The number of morpholine rings is 1. The molecule has 0 saturated carbocycles. The first-order valence-electron chi connectivity index (χ1n) is 9.42. The van der Waals surface area contributed by atoms with E-state index in [1.807, 2.05) is 13.0 Å². The molecule has 1 aliphatic heterocycles. The van der Waals surface area contributed by atoms with Crippen molar-refractivity contribution in [1.82, 2.24) is 15.5 Å². The Labute approximate surface area is 159 Å². The lowest BCUT2D eigenvalue weighted by Gasteiger charge is -2.32. The van der Waals surface area contributed by atoms with Gasteiger partial charge in [0.2, 0.25) is 0 Å². The fourth-order valence-electron chi connectivity index (χ4n) is 2.80. The summed E-state index contributed by atoms with van der Waals surface area (Å²) in [5.74, 6) is 1.17. The van der Waals surface area contributed by atoms with Gasteiger partial charge in [0.1, 0.15) is 12.4 Å². The van der Waals surface area contributed by atoms with E-state index in [2.05, 4.69) is 27.4 Å². The summed E-state index contributed by atoms with van der Waals surface area (Å²) in [5, 5.41) is 6.60. The minimum absolute atomic E-state index is 0.379. The topological polar surface area (TPSA) is 58.1 Å². The van der Waals surface area contributed by atoms with Gasteiger partial charge < -0.3 is 20.1 Å². The van der Waals surface area contributed by atoms with E-state index < -0.39 is 13.0 Å². The van der Waals surface area contributed by atoms with Crippen molar-refractivity contribution in [2.45, 2.75) is 32.9 Å². The third kappa shape index (κ3) is 8.09. The fraction of sp³-hybridized carbons (Fsp3) is 0.632. The smallest absolute Gasteiger partial charge is 0.272 e. The van der Waals surface area contributed by atoms with Crippen LogP contribution < -0.4 is 15.4 Å². The van der Waals surface area contributed by atoms with Crippen molar-refractivity contribution in [3.63, 3.8) is 0 Å². The number of halogens is 2. The lowest BCUT2D eigenvalue weighted by molar-refractivity contribution is 0.0211. The molecule has 1 heterocycles. The van der Waals surface area contributed by atoms with Crippen molar-refractivity contribution >= 4 is 5.96 Å². The third-order valence-corrected chi connectivity index (χ3v) is 4.27. The summed E-state index contributed by atoms with van der Waals surface area (Å²) in [6.45, 7) is 9.03. The summed E-state index contributed by atoms with van der Waals surface area (Å²) < 4.78 is 35.0. The van der Waals surface area contributed by atoms with Crippen LogP contribution in [0.5, 0.6) is 5.75 Å². The Balaban J connectivity index is 1.87. The van der Waals surface area contributed by atoms with E-state index in [0.717, 1.165) is 50.9 Å². The minimum Gasteiger partial charge on any atom is -0.488 e. The highest BCUT2D eigenvalue weighted by molar-refractivity contribution is 5.79. The van der Waals surface area contributed by atoms with Gasteiger partial charge >= 0.3 is 0 Å². The SMILES string of the molecule is CCNC(=NCc1cccc(OCC(F)F)c1)NCC(C)N1CCOCC1. The normalized spacial score (nSPS) is 17.0. The maximum Gasteiger partial charge on any atom is 0.272 e. The molecule has 1 fully saturated rings. The van der Waals surface area contributed by atoms with E-state index in [1.54, 1.807) is 18.2 Å². The molecule has 1 unspecified atom stereocenters. The van der Waals surface area contributed by atoms with Gasteiger partial charge in [-0.25, -0.2) is 13.8 Å². The van der Waals surface area contributed by atoms with Crippen LogP contribution in [0.3, 0.4) is 0 Å². The van der Waals surface area contributed by atoms with Crippen molar-refractivity contribution in [3.05, 3.63) is 29.8 Å². The maximum atomic E-state index is 12.3. The summed E-state index contributed by atoms with van der Waals surface area (Å²) in [6.07, 6.45) is -2.48. The van der Waals surface area contributed by atoms with Gasteiger partial charge in [-0.05, 0) is 31.5 Å². The molecule has 2 rings (SSSR count). The quantitative estimate of drug-likeness (QED) is 0.505. The predicted octanol–water partition coefficient (Wildman–Crippen LogP) is 2.11. The Bertz CT molecular complexity index is 581. The molecule has 1 atom stereocenters. The van der Waals surface area contributed by atoms with E-state index in [9.17, 15) is 8.78 Å². The van der Waals surface area contributed by atoms with Crippen molar-refractivity contribution < 1.29 is 18.3 Å². The summed E-state index contributed by atoms with van der Waals surface area (Å²) in [7, 11) is 0. The van der Waals surface area contributed by atoms with Crippen LogP contribution in [0.15, 0.2) is 29.3 Å². The summed E-state index contributed by atoms with van der Waals surface area (Å²) in [4.78, 5) is 6.98. The molecule has 27 heavy (non-hydrogen) atoms. The zero-order chi connectivity index (χ0) is 19.5. The van der Waals surface area contributed by atoms with Crippen LogP contribution in [0.1, 0.15) is 19.4 Å². The average molecular weight is 384 g/mol. The van der Waals surface area contributed by atoms with E-state index >= 15 is 0 Å². The molecule has 0 bridgehead atoms. The molecule has 0 spiro atoms. The van der Waals surface area contributed by atoms with Gasteiger partial charge in [0.15, 0.2) is 5.96 Å². The summed E-state index contributed by atoms with van der Waals surface area (Å²) in [6, 6.07) is 7.48. The highest BCUT2D eigenvalue weighted by Crippen LogP contribution is 2.15. The second kappa shape index (κ2) is 11.7. The largest absolute Gasteiger partial charge is 0.488 e. The molecule has 0 amide bonds. The molecule has 1 aromatic rings. The van der Waals surface area contributed by atoms with E-state index in [-0.39, 0.29) is 0 Å². The van der Waals surface area contributed by atoms with Gasteiger partial charge in [0.25, 0.3) is 6.43 Å². The minimum atomic E-state index is -2.48. The van der Waals surface area contributed by atoms with Crippen LogP contribution in [0.25, 0.3) is 0 Å². The number of guanidine groups is 1. The number of nitrogens with zero attached hydrogens (tertiary/aromatic N) is 2. The average Bonchev–Trinajstić information content (AvgIpc) is 2.69. The molecular weight excluding hydrogens is 354 g/mol. The Kier molecular flexibility index (Phi) is 9.27. The number of rotatable bonds is 9. The molecule has 2 N–H and O–H groups in total. The third-order valence-electron chi connectivity index (χ3n) is 4.27. The molecule has 1 saturated heterocycles. The molecular formula is C19H30F2N4O2. The molecule has 0 aromatic heterocycles.